The second-order valence-corrected chi connectivity index (χ2v) is 7.16. The second kappa shape index (κ2) is 8.11. The zero-order valence-corrected chi connectivity index (χ0v) is 15.7. The Morgan fingerprint density at radius 3 is 2.84 bits per heavy atom. The number of hydrogen-bond donors (Lipinski definition) is 1. The lowest BCUT2D eigenvalue weighted by molar-refractivity contribution is -0.121. The first-order valence-electron chi connectivity index (χ1n) is 8.47. The molecule has 1 aliphatic rings. The number of fused-ring (bicyclic) bond motifs is 1. The highest BCUT2D eigenvalue weighted by Crippen LogP contribution is 2.32. The van der Waals surface area contributed by atoms with Gasteiger partial charge in [-0.3, -0.25) is 4.79 Å². The number of nitrogens with one attached hydrogen (secondary N) is 1. The molecule has 0 spiro atoms. The Labute approximate surface area is 158 Å². The Morgan fingerprint density at radius 1 is 1.24 bits per heavy atom. The number of amides is 1. The summed E-state index contributed by atoms with van der Waals surface area (Å²) >= 11 is 12.1. The van der Waals surface area contributed by atoms with E-state index in [1.54, 1.807) is 19.2 Å². The predicted molar refractivity (Wildman–Crippen MR) is 102 cm³/mol. The highest BCUT2D eigenvalue weighted by atomic mass is 35.5. The quantitative estimate of drug-likeness (QED) is 0.784. The number of methoxy groups -OCH3 is 1. The maximum Gasteiger partial charge on any atom is 0.220 e. The van der Waals surface area contributed by atoms with E-state index in [1.807, 2.05) is 12.1 Å². The van der Waals surface area contributed by atoms with Crippen molar-refractivity contribution in [2.45, 2.75) is 38.1 Å². The lowest BCUT2D eigenvalue weighted by Crippen LogP contribution is -2.31. The van der Waals surface area contributed by atoms with Crippen molar-refractivity contribution in [3.63, 3.8) is 0 Å². The largest absolute Gasteiger partial charge is 0.497 e. The van der Waals surface area contributed by atoms with Gasteiger partial charge in [0, 0.05) is 16.5 Å². The molecule has 0 bridgehead atoms. The molecule has 0 aromatic heterocycles. The first-order chi connectivity index (χ1) is 12.1. The second-order valence-electron chi connectivity index (χ2n) is 6.31. The molecule has 1 atom stereocenters. The number of rotatable bonds is 5. The summed E-state index contributed by atoms with van der Waals surface area (Å²) in [6.45, 7) is 0. The molecule has 1 N–H and O–H groups in total. The van der Waals surface area contributed by atoms with E-state index in [4.69, 9.17) is 27.9 Å². The van der Waals surface area contributed by atoms with Gasteiger partial charge in [-0.05, 0) is 66.6 Å². The van der Waals surface area contributed by atoms with Crippen molar-refractivity contribution < 1.29 is 9.53 Å². The minimum atomic E-state index is 0.0414. The molecule has 5 heteroatoms. The Kier molecular flexibility index (Phi) is 5.87. The number of halogens is 2. The van der Waals surface area contributed by atoms with Crippen molar-refractivity contribution >= 4 is 29.1 Å². The molecule has 25 heavy (non-hydrogen) atoms. The molecule has 2 aromatic carbocycles. The number of aryl methyl sites for hydroxylation is 2. The summed E-state index contributed by atoms with van der Waals surface area (Å²) < 4.78 is 5.29. The van der Waals surface area contributed by atoms with E-state index < -0.39 is 0 Å². The van der Waals surface area contributed by atoms with Gasteiger partial charge in [-0.2, -0.15) is 0 Å². The molecule has 3 rings (SSSR count). The molecule has 1 aliphatic carbocycles. The van der Waals surface area contributed by atoms with Crippen LogP contribution in [0.4, 0.5) is 0 Å². The van der Waals surface area contributed by atoms with Crippen molar-refractivity contribution in [3.8, 4) is 5.75 Å². The van der Waals surface area contributed by atoms with Gasteiger partial charge in [0.25, 0.3) is 0 Å². The fraction of sp³-hybridized carbons (Fsp3) is 0.350. The van der Waals surface area contributed by atoms with Gasteiger partial charge in [0.15, 0.2) is 0 Å². The number of benzene rings is 2. The molecule has 132 valence electrons. The first-order valence-corrected chi connectivity index (χ1v) is 9.22. The van der Waals surface area contributed by atoms with Crippen LogP contribution in [0.15, 0.2) is 36.4 Å². The van der Waals surface area contributed by atoms with Crippen LogP contribution in [0.1, 0.15) is 42.0 Å². The van der Waals surface area contributed by atoms with E-state index in [0.29, 0.717) is 22.9 Å². The standard InChI is InChI=1S/C20H21Cl2NO2/c1-25-16-8-9-17-14(11-16)3-2-4-19(17)23-20(24)10-6-13-5-7-15(21)12-18(13)22/h5,7-9,11-12,19H,2-4,6,10H2,1H3,(H,23,24)/t19-/m1/s1. The van der Waals surface area contributed by atoms with Gasteiger partial charge in [-0.25, -0.2) is 0 Å². The fourth-order valence-electron chi connectivity index (χ4n) is 3.31. The lowest BCUT2D eigenvalue weighted by Gasteiger charge is -2.27. The van der Waals surface area contributed by atoms with E-state index in [-0.39, 0.29) is 11.9 Å². The van der Waals surface area contributed by atoms with Crippen LogP contribution >= 0.6 is 23.2 Å². The van der Waals surface area contributed by atoms with Gasteiger partial charge in [0.05, 0.1) is 13.2 Å². The summed E-state index contributed by atoms with van der Waals surface area (Å²) in [6.07, 6.45) is 4.06. The summed E-state index contributed by atoms with van der Waals surface area (Å²) in [7, 11) is 1.67. The Balaban J connectivity index is 1.62. The molecule has 0 radical (unpaired) electrons. The summed E-state index contributed by atoms with van der Waals surface area (Å²) in [5.41, 5.74) is 3.40. The minimum absolute atomic E-state index is 0.0414. The number of carbonyl (C=O) groups is 1. The highest BCUT2D eigenvalue weighted by Gasteiger charge is 2.22. The first kappa shape index (κ1) is 18.1. The molecule has 0 aliphatic heterocycles. The molecule has 2 aromatic rings. The highest BCUT2D eigenvalue weighted by molar-refractivity contribution is 6.35. The molecular weight excluding hydrogens is 357 g/mol. The van der Waals surface area contributed by atoms with Crippen LogP contribution < -0.4 is 10.1 Å². The van der Waals surface area contributed by atoms with Gasteiger partial charge < -0.3 is 10.1 Å². The molecule has 0 saturated carbocycles. The summed E-state index contributed by atoms with van der Waals surface area (Å²) in [4.78, 5) is 12.4. The maximum atomic E-state index is 12.4. The molecule has 0 unspecified atom stereocenters. The number of ether oxygens (including phenoxy) is 1. The Bertz CT molecular complexity index is 776. The van der Waals surface area contributed by atoms with Crippen molar-refractivity contribution in [2.75, 3.05) is 7.11 Å². The summed E-state index contributed by atoms with van der Waals surface area (Å²) in [6, 6.07) is 11.5. The van der Waals surface area contributed by atoms with Gasteiger partial charge in [-0.1, -0.05) is 35.3 Å². The van der Waals surface area contributed by atoms with Crippen molar-refractivity contribution in [3.05, 3.63) is 63.1 Å². The van der Waals surface area contributed by atoms with Crippen LogP contribution in [0, 0.1) is 0 Å². The van der Waals surface area contributed by atoms with Crippen LogP contribution in [0.3, 0.4) is 0 Å². The van der Waals surface area contributed by atoms with Crippen molar-refractivity contribution in [2.24, 2.45) is 0 Å². The van der Waals surface area contributed by atoms with Gasteiger partial charge in [-0.15, -0.1) is 0 Å². The van der Waals surface area contributed by atoms with E-state index in [1.165, 1.54) is 11.1 Å². The van der Waals surface area contributed by atoms with Crippen molar-refractivity contribution in [1.29, 1.82) is 0 Å². The average molecular weight is 378 g/mol. The Morgan fingerprint density at radius 2 is 2.08 bits per heavy atom. The molecule has 0 fully saturated rings. The molecule has 0 heterocycles. The van der Waals surface area contributed by atoms with E-state index >= 15 is 0 Å². The third-order valence-corrected chi connectivity index (χ3v) is 5.22. The number of hydrogen-bond acceptors (Lipinski definition) is 2. The maximum absolute atomic E-state index is 12.4. The van der Waals surface area contributed by atoms with Gasteiger partial charge >= 0.3 is 0 Å². The van der Waals surface area contributed by atoms with Gasteiger partial charge in [0.2, 0.25) is 5.91 Å². The van der Waals surface area contributed by atoms with Crippen LogP contribution in [-0.4, -0.2) is 13.0 Å². The smallest absolute Gasteiger partial charge is 0.220 e. The minimum Gasteiger partial charge on any atom is -0.497 e. The third-order valence-electron chi connectivity index (χ3n) is 4.64. The zero-order chi connectivity index (χ0) is 17.8. The summed E-state index contributed by atoms with van der Waals surface area (Å²) in [5, 5.41) is 4.38. The predicted octanol–water partition coefficient (Wildman–Crippen LogP) is 5.13. The van der Waals surface area contributed by atoms with Gasteiger partial charge in [0.1, 0.15) is 5.75 Å². The topological polar surface area (TPSA) is 38.3 Å². The van der Waals surface area contributed by atoms with E-state index in [0.717, 1.165) is 30.6 Å². The van der Waals surface area contributed by atoms with E-state index in [2.05, 4.69) is 17.4 Å². The van der Waals surface area contributed by atoms with Crippen LogP contribution in [0.2, 0.25) is 10.0 Å². The van der Waals surface area contributed by atoms with Crippen LogP contribution in [0.5, 0.6) is 5.75 Å². The molecule has 3 nitrogen and oxygen atoms in total. The van der Waals surface area contributed by atoms with Crippen molar-refractivity contribution in [1.82, 2.24) is 5.32 Å². The van der Waals surface area contributed by atoms with Crippen LogP contribution in [-0.2, 0) is 17.6 Å². The molecule has 0 saturated heterocycles. The number of carbonyl (C=O) groups excluding carboxylic acids is 1. The molecular formula is C20H21Cl2NO2. The average Bonchev–Trinajstić information content (AvgIpc) is 2.60. The Hall–Kier alpha value is -1.71. The van der Waals surface area contributed by atoms with Crippen LogP contribution in [0.25, 0.3) is 0 Å². The lowest BCUT2D eigenvalue weighted by atomic mass is 9.87. The van der Waals surface area contributed by atoms with E-state index in [9.17, 15) is 4.79 Å². The normalized spacial score (nSPS) is 16.2. The third kappa shape index (κ3) is 4.47. The monoisotopic (exact) mass is 377 g/mol. The fourth-order valence-corrected chi connectivity index (χ4v) is 3.81. The molecule has 1 amide bonds. The zero-order valence-electron chi connectivity index (χ0n) is 14.1. The SMILES string of the molecule is COc1ccc2c(c1)CCC[C@H]2NC(=O)CCc1ccc(Cl)cc1Cl. The summed E-state index contributed by atoms with van der Waals surface area (Å²) in [5.74, 6) is 0.905.